The molecule has 132 valence electrons. The van der Waals surface area contributed by atoms with Crippen molar-refractivity contribution in [2.75, 3.05) is 6.61 Å². The molecule has 3 aromatic rings. The van der Waals surface area contributed by atoms with Gasteiger partial charge in [0.15, 0.2) is 0 Å². The largest absolute Gasteiger partial charge is 0.494 e. The molecule has 0 N–H and O–H groups in total. The fourth-order valence-electron chi connectivity index (χ4n) is 2.79. The van der Waals surface area contributed by atoms with Crippen LogP contribution in [0.25, 0.3) is 11.0 Å². The molecule has 0 bridgehead atoms. The fourth-order valence-corrected chi connectivity index (χ4v) is 2.97. The summed E-state index contributed by atoms with van der Waals surface area (Å²) in [7, 11) is 0. The lowest BCUT2D eigenvalue weighted by molar-refractivity contribution is 0.287. The highest BCUT2D eigenvalue weighted by Crippen LogP contribution is 2.25. The van der Waals surface area contributed by atoms with Crippen LogP contribution in [0.1, 0.15) is 26.6 Å². The van der Waals surface area contributed by atoms with Crippen molar-refractivity contribution >= 4 is 22.6 Å². The SMILES string of the molecule is CCOc1ccc2nc(COc3cccc(Cl)c3)n(CC(C)C)c2c1. The standard InChI is InChI=1S/C20H23ClN2O2/c1-4-24-17-8-9-18-19(11-17)23(12-14(2)3)20(22-18)13-25-16-7-5-6-15(21)10-16/h5-11,14H,4,12-13H2,1-3H3. The van der Waals surface area contributed by atoms with E-state index in [0.717, 1.165) is 34.9 Å². The summed E-state index contributed by atoms with van der Waals surface area (Å²) in [6.45, 7) is 8.29. The number of ether oxygens (including phenoxy) is 2. The number of aromatic nitrogens is 2. The molecule has 25 heavy (non-hydrogen) atoms. The summed E-state index contributed by atoms with van der Waals surface area (Å²) in [5, 5.41) is 0.662. The van der Waals surface area contributed by atoms with Crippen LogP contribution >= 0.6 is 11.6 Å². The number of benzene rings is 2. The summed E-state index contributed by atoms with van der Waals surface area (Å²) in [6.07, 6.45) is 0. The first-order chi connectivity index (χ1) is 12.1. The van der Waals surface area contributed by atoms with Gasteiger partial charge in [-0.25, -0.2) is 4.98 Å². The molecule has 1 aromatic heterocycles. The summed E-state index contributed by atoms with van der Waals surface area (Å²) in [4.78, 5) is 4.75. The van der Waals surface area contributed by atoms with E-state index < -0.39 is 0 Å². The van der Waals surface area contributed by atoms with Gasteiger partial charge < -0.3 is 14.0 Å². The summed E-state index contributed by atoms with van der Waals surface area (Å²) >= 11 is 6.02. The molecule has 4 nitrogen and oxygen atoms in total. The Hall–Kier alpha value is -2.20. The lowest BCUT2D eigenvalue weighted by Gasteiger charge is -2.13. The Morgan fingerprint density at radius 2 is 1.88 bits per heavy atom. The Balaban J connectivity index is 1.92. The molecule has 0 unspecified atom stereocenters. The van der Waals surface area contributed by atoms with E-state index in [2.05, 4.69) is 24.5 Å². The second-order valence-electron chi connectivity index (χ2n) is 6.36. The highest BCUT2D eigenvalue weighted by atomic mass is 35.5. The minimum atomic E-state index is 0.395. The van der Waals surface area contributed by atoms with Crippen molar-refractivity contribution in [2.45, 2.75) is 33.9 Å². The van der Waals surface area contributed by atoms with Gasteiger partial charge in [-0.2, -0.15) is 0 Å². The second kappa shape index (κ2) is 7.79. The molecule has 0 saturated heterocycles. The number of rotatable bonds is 7. The van der Waals surface area contributed by atoms with Crippen LogP contribution in [0.3, 0.4) is 0 Å². The van der Waals surface area contributed by atoms with Gasteiger partial charge in [-0.3, -0.25) is 0 Å². The Morgan fingerprint density at radius 3 is 2.60 bits per heavy atom. The summed E-state index contributed by atoms with van der Waals surface area (Å²) in [5.74, 6) is 3.00. The predicted octanol–water partition coefficient (Wildman–Crippen LogP) is 5.32. The van der Waals surface area contributed by atoms with Crippen LogP contribution in [0.15, 0.2) is 42.5 Å². The zero-order chi connectivity index (χ0) is 17.8. The molecule has 3 rings (SSSR count). The Kier molecular flexibility index (Phi) is 5.49. The van der Waals surface area contributed by atoms with Gasteiger partial charge in [0, 0.05) is 17.6 Å². The van der Waals surface area contributed by atoms with Gasteiger partial charge in [0.05, 0.1) is 17.6 Å². The third kappa shape index (κ3) is 4.26. The van der Waals surface area contributed by atoms with Gasteiger partial charge in [0.1, 0.15) is 23.9 Å². The average molecular weight is 359 g/mol. The van der Waals surface area contributed by atoms with Gasteiger partial charge in [-0.15, -0.1) is 0 Å². The molecule has 0 fully saturated rings. The topological polar surface area (TPSA) is 36.3 Å². The zero-order valence-electron chi connectivity index (χ0n) is 14.8. The Bertz CT molecular complexity index is 858. The first kappa shape index (κ1) is 17.6. The molecular formula is C20H23ClN2O2. The summed E-state index contributed by atoms with van der Waals surface area (Å²) in [5.41, 5.74) is 2.03. The maximum absolute atomic E-state index is 6.02. The number of imidazole rings is 1. The quantitative estimate of drug-likeness (QED) is 0.573. The van der Waals surface area contributed by atoms with E-state index in [0.29, 0.717) is 24.2 Å². The van der Waals surface area contributed by atoms with Crippen LogP contribution in [0, 0.1) is 5.92 Å². The number of nitrogens with zero attached hydrogens (tertiary/aromatic N) is 2. The van der Waals surface area contributed by atoms with E-state index in [1.54, 1.807) is 0 Å². The Morgan fingerprint density at radius 1 is 1.08 bits per heavy atom. The number of hydrogen-bond donors (Lipinski definition) is 0. The molecule has 0 atom stereocenters. The molecule has 0 spiro atoms. The molecule has 1 heterocycles. The van der Waals surface area contributed by atoms with E-state index in [9.17, 15) is 0 Å². The minimum Gasteiger partial charge on any atom is -0.494 e. The van der Waals surface area contributed by atoms with Crippen LogP contribution in [-0.4, -0.2) is 16.2 Å². The molecule has 5 heteroatoms. The van der Waals surface area contributed by atoms with E-state index >= 15 is 0 Å². The van der Waals surface area contributed by atoms with E-state index in [1.807, 2.05) is 43.3 Å². The molecule has 0 saturated carbocycles. The average Bonchev–Trinajstić information content (AvgIpc) is 2.90. The van der Waals surface area contributed by atoms with Gasteiger partial charge in [0.25, 0.3) is 0 Å². The van der Waals surface area contributed by atoms with Gasteiger partial charge in [0.2, 0.25) is 0 Å². The van der Waals surface area contributed by atoms with E-state index in [-0.39, 0.29) is 0 Å². The van der Waals surface area contributed by atoms with Crippen molar-refractivity contribution in [1.29, 1.82) is 0 Å². The van der Waals surface area contributed by atoms with Crippen LogP contribution in [-0.2, 0) is 13.2 Å². The van der Waals surface area contributed by atoms with Gasteiger partial charge in [-0.05, 0) is 43.2 Å². The van der Waals surface area contributed by atoms with Crippen LogP contribution in [0.5, 0.6) is 11.5 Å². The van der Waals surface area contributed by atoms with Crippen molar-refractivity contribution in [1.82, 2.24) is 9.55 Å². The molecule has 0 aliphatic carbocycles. The third-order valence-corrected chi connectivity index (χ3v) is 4.06. The maximum atomic E-state index is 6.02. The van der Waals surface area contributed by atoms with Crippen LogP contribution in [0.4, 0.5) is 0 Å². The highest BCUT2D eigenvalue weighted by Gasteiger charge is 2.13. The van der Waals surface area contributed by atoms with Crippen molar-refractivity contribution in [2.24, 2.45) is 5.92 Å². The normalized spacial score (nSPS) is 11.2. The third-order valence-electron chi connectivity index (χ3n) is 3.82. The smallest absolute Gasteiger partial charge is 0.148 e. The summed E-state index contributed by atoms with van der Waals surface area (Å²) < 4.78 is 13.8. The zero-order valence-corrected chi connectivity index (χ0v) is 15.6. The molecule has 0 aliphatic rings. The van der Waals surface area contributed by atoms with Gasteiger partial charge >= 0.3 is 0 Å². The van der Waals surface area contributed by atoms with E-state index in [4.69, 9.17) is 26.1 Å². The van der Waals surface area contributed by atoms with Crippen molar-refractivity contribution in [3.63, 3.8) is 0 Å². The fraction of sp³-hybridized carbons (Fsp3) is 0.350. The minimum absolute atomic E-state index is 0.395. The second-order valence-corrected chi connectivity index (χ2v) is 6.80. The predicted molar refractivity (Wildman–Crippen MR) is 102 cm³/mol. The number of fused-ring (bicyclic) bond motifs is 1. The lowest BCUT2D eigenvalue weighted by Crippen LogP contribution is -2.11. The Labute approximate surface area is 153 Å². The molecule has 0 amide bonds. The monoisotopic (exact) mass is 358 g/mol. The maximum Gasteiger partial charge on any atom is 0.148 e. The molecule has 2 aromatic carbocycles. The molecular weight excluding hydrogens is 336 g/mol. The van der Waals surface area contributed by atoms with E-state index in [1.165, 1.54) is 0 Å². The molecule has 0 radical (unpaired) electrons. The van der Waals surface area contributed by atoms with Crippen LogP contribution in [0.2, 0.25) is 5.02 Å². The van der Waals surface area contributed by atoms with Crippen molar-refractivity contribution in [3.8, 4) is 11.5 Å². The number of hydrogen-bond acceptors (Lipinski definition) is 3. The van der Waals surface area contributed by atoms with Crippen molar-refractivity contribution in [3.05, 3.63) is 53.3 Å². The number of halogens is 1. The van der Waals surface area contributed by atoms with Crippen LogP contribution < -0.4 is 9.47 Å². The van der Waals surface area contributed by atoms with Gasteiger partial charge in [-0.1, -0.05) is 31.5 Å². The first-order valence-corrected chi connectivity index (χ1v) is 8.95. The summed E-state index contributed by atoms with van der Waals surface area (Å²) in [6, 6.07) is 13.4. The first-order valence-electron chi connectivity index (χ1n) is 8.57. The highest BCUT2D eigenvalue weighted by molar-refractivity contribution is 6.30. The molecule has 0 aliphatic heterocycles. The van der Waals surface area contributed by atoms with Crippen molar-refractivity contribution < 1.29 is 9.47 Å². The lowest BCUT2D eigenvalue weighted by atomic mass is 10.2.